The fraction of sp³-hybridized carbons (Fsp3) is 0.533. The van der Waals surface area contributed by atoms with Crippen LogP contribution < -0.4 is 14.5 Å². The van der Waals surface area contributed by atoms with E-state index in [4.69, 9.17) is 4.74 Å². The van der Waals surface area contributed by atoms with Gasteiger partial charge < -0.3 is 19.4 Å². The lowest BCUT2D eigenvalue weighted by Gasteiger charge is -2.27. The van der Waals surface area contributed by atoms with Gasteiger partial charge in [0.15, 0.2) is 0 Å². The number of carbonyl (C=O) groups is 1. The van der Waals surface area contributed by atoms with Crippen LogP contribution in [0.2, 0.25) is 0 Å². The highest BCUT2D eigenvalue weighted by Gasteiger charge is 2.21. The molecule has 1 aliphatic rings. The minimum absolute atomic E-state index is 0.324. The number of para-hydroxylation sites is 1. The van der Waals surface area contributed by atoms with Crippen LogP contribution in [0, 0.1) is 0 Å². The Labute approximate surface area is 120 Å². The summed E-state index contributed by atoms with van der Waals surface area (Å²) in [6.07, 6.45) is -0.324. The van der Waals surface area contributed by atoms with Crippen LogP contribution in [0.1, 0.15) is 5.56 Å². The third-order valence-corrected chi connectivity index (χ3v) is 3.79. The molecule has 0 spiro atoms. The van der Waals surface area contributed by atoms with Gasteiger partial charge in [0.05, 0.1) is 7.05 Å². The number of benzene rings is 1. The maximum Gasteiger partial charge on any atom is 0.414 e. The zero-order valence-electron chi connectivity index (χ0n) is 12.6. The van der Waals surface area contributed by atoms with Gasteiger partial charge in [0.1, 0.15) is 38.5 Å². The Morgan fingerprint density at radius 3 is 2.50 bits per heavy atom. The van der Waals surface area contributed by atoms with Gasteiger partial charge >= 0.3 is 6.09 Å². The van der Waals surface area contributed by atoms with Gasteiger partial charge in [-0.25, -0.2) is 4.79 Å². The molecule has 1 heterocycles. The predicted octanol–water partition coefficient (Wildman–Crippen LogP) is -1.34. The zero-order valence-corrected chi connectivity index (χ0v) is 12.6. The van der Waals surface area contributed by atoms with E-state index < -0.39 is 0 Å². The second-order valence-corrected chi connectivity index (χ2v) is 5.75. The summed E-state index contributed by atoms with van der Waals surface area (Å²) in [7, 11) is 5.63. The van der Waals surface area contributed by atoms with Crippen molar-refractivity contribution in [2.75, 3.05) is 47.3 Å². The summed E-state index contributed by atoms with van der Waals surface area (Å²) in [5.41, 5.74) is 1.11. The van der Waals surface area contributed by atoms with Gasteiger partial charge in [0.25, 0.3) is 0 Å². The molecular weight excluding hydrogens is 254 g/mol. The van der Waals surface area contributed by atoms with Crippen LogP contribution in [0.5, 0.6) is 5.75 Å². The number of ether oxygens (including phenoxy) is 1. The largest absolute Gasteiger partial charge is 0.414 e. The quantitative estimate of drug-likeness (QED) is 0.719. The summed E-state index contributed by atoms with van der Waals surface area (Å²) in [5.74, 6) is 0.685. The number of piperazine rings is 1. The molecule has 2 rings (SSSR count). The van der Waals surface area contributed by atoms with E-state index in [2.05, 4.69) is 13.1 Å². The van der Waals surface area contributed by atoms with E-state index in [9.17, 15) is 4.79 Å². The van der Waals surface area contributed by atoms with E-state index in [1.165, 1.54) is 31.1 Å². The smallest absolute Gasteiger partial charge is 0.410 e. The molecule has 110 valence electrons. The van der Waals surface area contributed by atoms with E-state index in [1.54, 1.807) is 23.9 Å². The van der Waals surface area contributed by atoms with Crippen molar-refractivity contribution in [3.05, 3.63) is 29.8 Å². The Morgan fingerprint density at radius 1 is 1.20 bits per heavy atom. The first-order valence-electron chi connectivity index (χ1n) is 7.18. The van der Waals surface area contributed by atoms with Gasteiger partial charge in [-0.3, -0.25) is 0 Å². The van der Waals surface area contributed by atoms with Crippen molar-refractivity contribution >= 4 is 6.09 Å². The maximum absolute atomic E-state index is 11.7. The molecule has 0 saturated carbocycles. The number of hydrogen-bond donors (Lipinski definition) is 2. The monoisotopic (exact) mass is 279 g/mol. The summed E-state index contributed by atoms with van der Waals surface area (Å²) in [6.45, 7) is 5.66. The molecule has 1 fully saturated rings. The SMILES string of the molecule is CN(C)C(=O)Oc1ccccc1C[NH+]1CC[NH+](C)CC1. The van der Waals surface area contributed by atoms with Crippen LogP contribution in [0.3, 0.4) is 0 Å². The number of nitrogens with zero attached hydrogens (tertiary/aromatic N) is 1. The summed E-state index contributed by atoms with van der Waals surface area (Å²) in [6, 6.07) is 7.84. The average Bonchev–Trinajstić information content (AvgIpc) is 2.43. The molecule has 1 aromatic carbocycles. The first-order chi connectivity index (χ1) is 9.56. The van der Waals surface area contributed by atoms with Crippen molar-refractivity contribution in [2.24, 2.45) is 0 Å². The molecule has 1 aromatic rings. The molecule has 5 heteroatoms. The second-order valence-electron chi connectivity index (χ2n) is 5.75. The minimum Gasteiger partial charge on any atom is -0.410 e. The van der Waals surface area contributed by atoms with Crippen LogP contribution in [0.25, 0.3) is 0 Å². The number of nitrogens with one attached hydrogen (secondary N) is 2. The van der Waals surface area contributed by atoms with Crippen LogP contribution >= 0.6 is 0 Å². The highest BCUT2D eigenvalue weighted by Crippen LogP contribution is 2.17. The predicted molar refractivity (Wildman–Crippen MR) is 77.2 cm³/mol. The van der Waals surface area contributed by atoms with Gasteiger partial charge in [-0.15, -0.1) is 0 Å². The van der Waals surface area contributed by atoms with E-state index in [1.807, 2.05) is 18.2 Å². The summed E-state index contributed by atoms with van der Waals surface area (Å²) < 4.78 is 5.44. The lowest BCUT2D eigenvalue weighted by atomic mass is 10.1. The minimum atomic E-state index is -0.324. The molecule has 0 atom stereocenters. The maximum atomic E-state index is 11.7. The van der Waals surface area contributed by atoms with Crippen molar-refractivity contribution in [1.29, 1.82) is 0 Å². The fourth-order valence-electron chi connectivity index (χ4n) is 2.41. The first-order valence-corrected chi connectivity index (χ1v) is 7.18. The van der Waals surface area contributed by atoms with E-state index >= 15 is 0 Å². The lowest BCUT2D eigenvalue weighted by molar-refractivity contribution is -1.01. The molecule has 5 nitrogen and oxygen atoms in total. The van der Waals surface area contributed by atoms with Crippen LogP contribution in [0.4, 0.5) is 4.79 Å². The molecule has 1 saturated heterocycles. The summed E-state index contributed by atoms with van der Waals surface area (Å²) >= 11 is 0. The molecule has 1 amide bonds. The second kappa shape index (κ2) is 6.72. The third-order valence-electron chi connectivity index (χ3n) is 3.79. The highest BCUT2D eigenvalue weighted by molar-refractivity contribution is 5.70. The van der Waals surface area contributed by atoms with Gasteiger partial charge in [-0.05, 0) is 12.1 Å². The Bertz CT molecular complexity index is 454. The van der Waals surface area contributed by atoms with Crippen molar-refractivity contribution < 1.29 is 19.3 Å². The van der Waals surface area contributed by atoms with E-state index in [-0.39, 0.29) is 6.09 Å². The first kappa shape index (κ1) is 14.8. The fourth-order valence-corrected chi connectivity index (χ4v) is 2.41. The molecule has 0 radical (unpaired) electrons. The van der Waals surface area contributed by atoms with Gasteiger partial charge in [-0.1, -0.05) is 12.1 Å². The van der Waals surface area contributed by atoms with Crippen LogP contribution in [0.15, 0.2) is 24.3 Å². The Morgan fingerprint density at radius 2 is 1.85 bits per heavy atom. The molecule has 0 bridgehead atoms. The topological polar surface area (TPSA) is 38.4 Å². The van der Waals surface area contributed by atoms with Crippen LogP contribution in [-0.2, 0) is 6.54 Å². The number of carbonyl (C=O) groups excluding carboxylic acids is 1. The normalized spacial score (nSPS) is 22.4. The van der Waals surface area contributed by atoms with Crippen molar-refractivity contribution in [3.8, 4) is 5.75 Å². The number of rotatable bonds is 3. The third kappa shape index (κ3) is 3.95. The van der Waals surface area contributed by atoms with Gasteiger partial charge in [0.2, 0.25) is 0 Å². The van der Waals surface area contributed by atoms with Crippen molar-refractivity contribution in [2.45, 2.75) is 6.54 Å². The molecule has 0 aromatic heterocycles. The Balaban J connectivity index is 2.02. The van der Waals surface area contributed by atoms with Crippen molar-refractivity contribution in [3.63, 3.8) is 0 Å². The summed E-state index contributed by atoms with van der Waals surface area (Å²) in [4.78, 5) is 16.3. The standard InChI is InChI=1S/C15H23N3O2/c1-16(2)15(19)20-14-7-5-4-6-13(14)12-18-10-8-17(3)9-11-18/h4-7H,8-12H2,1-3H3/p+2. The van der Waals surface area contributed by atoms with E-state index in [0.29, 0.717) is 5.75 Å². The number of quaternary nitrogens is 2. The molecule has 20 heavy (non-hydrogen) atoms. The van der Waals surface area contributed by atoms with Crippen LogP contribution in [-0.4, -0.2) is 58.3 Å². The van der Waals surface area contributed by atoms with Gasteiger partial charge in [-0.2, -0.15) is 0 Å². The molecule has 2 N–H and O–H groups in total. The van der Waals surface area contributed by atoms with Crippen molar-refractivity contribution in [1.82, 2.24) is 4.90 Å². The summed E-state index contributed by atoms with van der Waals surface area (Å²) in [5, 5.41) is 0. The zero-order chi connectivity index (χ0) is 14.5. The number of amides is 1. The number of hydrogen-bond acceptors (Lipinski definition) is 2. The van der Waals surface area contributed by atoms with E-state index in [0.717, 1.165) is 12.1 Å². The van der Waals surface area contributed by atoms with Gasteiger partial charge in [0, 0.05) is 19.7 Å². The average molecular weight is 279 g/mol. The highest BCUT2D eigenvalue weighted by atomic mass is 16.6. The molecule has 1 aliphatic heterocycles. The number of likely N-dealkylation sites (N-methyl/N-ethyl adjacent to an activating group) is 1. The Kier molecular flexibility index (Phi) is 4.98. The molecular formula is C15H25N3O2+2. The molecule has 0 unspecified atom stereocenters. The Hall–Kier alpha value is -1.59. The lowest BCUT2D eigenvalue weighted by Crippen LogP contribution is -3.26. The molecule has 0 aliphatic carbocycles.